The van der Waals surface area contributed by atoms with Crippen molar-refractivity contribution in [2.75, 3.05) is 45.9 Å². The van der Waals surface area contributed by atoms with Gasteiger partial charge in [0.05, 0.1) is 0 Å². The molecule has 0 aromatic heterocycles. The Hall–Kier alpha value is -1.06. The quantitative estimate of drug-likeness (QED) is 0.802. The molecule has 122 valence electrons. The van der Waals surface area contributed by atoms with Crippen molar-refractivity contribution >= 4 is 0 Å². The first-order valence-electron chi connectivity index (χ1n) is 8.92. The van der Waals surface area contributed by atoms with Crippen LogP contribution in [0.25, 0.3) is 0 Å². The summed E-state index contributed by atoms with van der Waals surface area (Å²) in [7, 11) is 0. The molecule has 3 nitrogen and oxygen atoms in total. The fraction of sp³-hybridized carbons (Fsp3) is 0.684. The van der Waals surface area contributed by atoms with Gasteiger partial charge in [-0.05, 0) is 62.9 Å². The standard InChI is InChI=1S/C19H30N2O/c1-2-11-20-13-10-19(16-20)9-6-12-21(17-19)14-15-22-18-7-4-3-5-8-18/h3-5,7-8H,2,6,9-17H2,1H3/t19-/m0/s1. The Morgan fingerprint density at radius 2 is 1.77 bits per heavy atom. The average Bonchev–Trinajstić information content (AvgIpc) is 2.91. The molecule has 1 aromatic rings. The van der Waals surface area contributed by atoms with Gasteiger partial charge >= 0.3 is 0 Å². The Morgan fingerprint density at radius 1 is 1.00 bits per heavy atom. The lowest BCUT2D eigenvalue weighted by atomic mass is 9.79. The molecule has 1 aromatic carbocycles. The van der Waals surface area contributed by atoms with Gasteiger partial charge < -0.3 is 9.64 Å². The molecule has 1 spiro atoms. The second-order valence-electron chi connectivity index (χ2n) is 7.07. The number of rotatable bonds is 6. The summed E-state index contributed by atoms with van der Waals surface area (Å²) in [6, 6.07) is 10.2. The molecule has 2 aliphatic rings. The number of para-hydroxylation sites is 1. The molecule has 0 amide bonds. The molecule has 2 heterocycles. The zero-order chi connectivity index (χ0) is 15.3. The van der Waals surface area contributed by atoms with Crippen molar-refractivity contribution in [2.45, 2.75) is 32.6 Å². The summed E-state index contributed by atoms with van der Waals surface area (Å²) in [4.78, 5) is 5.30. The van der Waals surface area contributed by atoms with E-state index in [0.29, 0.717) is 5.41 Å². The number of ether oxygens (including phenoxy) is 1. The highest BCUT2D eigenvalue weighted by atomic mass is 16.5. The van der Waals surface area contributed by atoms with Crippen LogP contribution in [0.4, 0.5) is 0 Å². The number of piperidine rings is 1. The highest BCUT2D eigenvalue weighted by Crippen LogP contribution is 2.38. The van der Waals surface area contributed by atoms with Crippen molar-refractivity contribution in [3.05, 3.63) is 30.3 Å². The van der Waals surface area contributed by atoms with Crippen LogP contribution in [0, 0.1) is 5.41 Å². The van der Waals surface area contributed by atoms with Crippen molar-refractivity contribution in [2.24, 2.45) is 5.41 Å². The lowest BCUT2D eigenvalue weighted by Gasteiger charge is -2.40. The largest absolute Gasteiger partial charge is 0.492 e. The van der Waals surface area contributed by atoms with E-state index in [1.165, 1.54) is 58.4 Å². The molecule has 22 heavy (non-hydrogen) atoms. The van der Waals surface area contributed by atoms with Gasteiger partial charge in [-0.3, -0.25) is 4.90 Å². The molecular formula is C19H30N2O. The van der Waals surface area contributed by atoms with E-state index in [0.717, 1.165) is 18.9 Å². The first kappa shape index (κ1) is 15.8. The number of likely N-dealkylation sites (tertiary alicyclic amines) is 2. The first-order valence-corrected chi connectivity index (χ1v) is 8.92. The highest BCUT2D eigenvalue weighted by Gasteiger charge is 2.40. The minimum absolute atomic E-state index is 0.570. The number of benzene rings is 1. The molecule has 2 saturated heterocycles. The fourth-order valence-corrected chi connectivity index (χ4v) is 4.18. The van der Waals surface area contributed by atoms with Crippen LogP contribution in [-0.2, 0) is 0 Å². The molecule has 0 saturated carbocycles. The summed E-state index contributed by atoms with van der Waals surface area (Å²) in [5.74, 6) is 0.990. The fourth-order valence-electron chi connectivity index (χ4n) is 4.18. The molecule has 0 aliphatic carbocycles. The van der Waals surface area contributed by atoms with Gasteiger partial charge in [0.25, 0.3) is 0 Å². The SMILES string of the molecule is CCCN1CC[C@@]2(CCCN(CCOc3ccccc3)C2)C1. The van der Waals surface area contributed by atoms with Crippen LogP contribution in [-0.4, -0.2) is 55.7 Å². The van der Waals surface area contributed by atoms with Crippen molar-refractivity contribution in [1.82, 2.24) is 9.80 Å². The van der Waals surface area contributed by atoms with E-state index in [2.05, 4.69) is 16.7 Å². The van der Waals surface area contributed by atoms with Gasteiger partial charge in [-0.2, -0.15) is 0 Å². The lowest BCUT2D eigenvalue weighted by molar-refractivity contribution is 0.0811. The molecule has 2 aliphatic heterocycles. The van der Waals surface area contributed by atoms with Gasteiger partial charge in [0, 0.05) is 19.6 Å². The minimum Gasteiger partial charge on any atom is -0.492 e. The van der Waals surface area contributed by atoms with Crippen LogP contribution in [0.3, 0.4) is 0 Å². The van der Waals surface area contributed by atoms with Crippen LogP contribution < -0.4 is 4.74 Å². The molecule has 3 heteroatoms. The zero-order valence-corrected chi connectivity index (χ0v) is 14.0. The van der Waals surface area contributed by atoms with Crippen LogP contribution >= 0.6 is 0 Å². The van der Waals surface area contributed by atoms with E-state index < -0.39 is 0 Å². The molecule has 2 fully saturated rings. The van der Waals surface area contributed by atoms with Crippen LogP contribution in [0.5, 0.6) is 5.75 Å². The van der Waals surface area contributed by atoms with E-state index in [1.54, 1.807) is 0 Å². The molecule has 3 rings (SSSR count). The second-order valence-corrected chi connectivity index (χ2v) is 7.07. The van der Waals surface area contributed by atoms with Crippen LogP contribution in [0.2, 0.25) is 0 Å². The Labute approximate surface area is 135 Å². The van der Waals surface area contributed by atoms with Crippen molar-refractivity contribution in [3.8, 4) is 5.75 Å². The van der Waals surface area contributed by atoms with Crippen molar-refractivity contribution in [3.63, 3.8) is 0 Å². The predicted octanol–water partition coefficient (Wildman–Crippen LogP) is 3.26. The summed E-state index contributed by atoms with van der Waals surface area (Å²) in [5, 5.41) is 0. The average molecular weight is 302 g/mol. The molecule has 0 unspecified atom stereocenters. The topological polar surface area (TPSA) is 15.7 Å². The number of hydrogen-bond donors (Lipinski definition) is 0. The zero-order valence-electron chi connectivity index (χ0n) is 14.0. The third-order valence-electron chi connectivity index (χ3n) is 5.22. The molecule has 1 atom stereocenters. The second kappa shape index (κ2) is 7.47. The maximum atomic E-state index is 5.87. The summed E-state index contributed by atoms with van der Waals surface area (Å²) >= 11 is 0. The van der Waals surface area contributed by atoms with E-state index >= 15 is 0 Å². The normalized spacial score (nSPS) is 26.6. The van der Waals surface area contributed by atoms with Crippen molar-refractivity contribution in [1.29, 1.82) is 0 Å². The minimum atomic E-state index is 0.570. The summed E-state index contributed by atoms with van der Waals surface area (Å²) in [5.41, 5.74) is 0.570. The third kappa shape index (κ3) is 4.02. The maximum absolute atomic E-state index is 5.87. The predicted molar refractivity (Wildman–Crippen MR) is 91.4 cm³/mol. The maximum Gasteiger partial charge on any atom is 0.119 e. The van der Waals surface area contributed by atoms with Crippen LogP contribution in [0.15, 0.2) is 30.3 Å². The Morgan fingerprint density at radius 3 is 2.55 bits per heavy atom. The van der Waals surface area contributed by atoms with E-state index in [-0.39, 0.29) is 0 Å². The summed E-state index contributed by atoms with van der Waals surface area (Å²) < 4.78 is 5.87. The van der Waals surface area contributed by atoms with Gasteiger partial charge in [0.15, 0.2) is 0 Å². The third-order valence-corrected chi connectivity index (χ3v) is 5.22. The Bertz CT molecular complexity index is 450. The first-order chi connectivity index (χ1) is 10.8. The van der Waals surface area contributed by atoms with E-state index in [9.17, 15) is 0 Å². The Balaban J connectivity index is 1.45. The van der Waals surface area contributed by atoms with Crippen LogP contribution in [0.1, 0.15) is 32.6 Å². The van der Waals surface area contributed by atoms with Gasteiger partial charge in [-0.15, -0.1) is 0 Å². The Kier molecular flexibility index (Phi) is 5.37. The molecule has 0 bridgehead atoms. The summed E-state index contributed by atoms with van der Waals surface area (Å²) in [6.45, 7) is 10.6. The highest BCUT2D eigenvalue weighted by molar-refractivity contribution is 5.20. The number of hydrogen-bond acceptors (Lipinski definition) is 3. The van der Waals surface area contributed by atoms with Gasteiger partial charge in [0.2, 0.25) is 0 Å². The molecule has 0 radical (unpaired) electrons. The summed E-state index contributed by atoms with van der Waals surface area (Å²) in [6.07, 6.45) is 5.45. The van der Waals surface area contributed by atoms with Crippen molar-refractivity contribution < 1.29 is 4.74 Å². The van der Waals surface area contributed by atoms with Gasteiger partial charge in [0.1, 0.15) is 12.4 Å². The monoisotopic (exact) mass is 302 g/mol. The lowest BCUT2D eigenvalue weighted by Crippen LogP contribution is -2.46. The van der Waals surface area contributed by atoms with E-state index in [1.807, 2.05) is 30.3 Å². The number of nitrogens with zero attached hydrogens (tertiary/aromatic N) is 2. The van der Waals surface area contributed by atoms with Gasteiger partial charge in [-0.1, -0.05) is 25.1 Å². The smallest absolute Gasteiger partial charge is 0.119 e. The van der Waals surface area contributed by atoms with E-state index in [4.69, 9.17) is 4.74 Å². The molecular weight excluding hydrogens is 272 g/mol. The molecule has 0 N–H and O–H groups in total. The van der Waals surface area contributed by atoms with Gasteiger partial charge in [-0.25, -0.2) is 0 Å².